The summed E-state index contributed by atoms with van der Waals surface area (Å²) in [6, 6.07) is 13.6. The van der Waals surface area contributed by atoms with Crippen molar-refractivity contribution in [2.45, 2.75) is 24.3 Å². The zero-order valence-electron chi connectivity index (χ0n) is 15.2. The van der Waals surface area contributed by atoms with E-state index < -0.39 is 9.84 Å². The predicted molar refractivity (Wildman–Crippen MR) is 113 cm³/mol. The van der Waals surface area contributed by atoms with Gasteiger partial charge in [-0.3, -0.25) is 4.79 Å². The van der Waals surface area contributed by atoms with Crippen molar-refractivity contribution in [1.29, 1.82) is 0 Å². The number of thiazole rings is 1. The fourth-order valence-corrected chi connectivity index (χ4v) is 5.35. The van der Waals surface area contributed by atoms with Crippen molar-refractivity contribution in [2.75, 3.05) is 11.1 Å². The zero-order valence-corrected chi connectivity index (χ0v) is 17.6. The second-order valence-corrected chi connectivity index (χ2v) is 10.1. The highest BCUT2D eigenvalue weighted by Crippen LogP contribution is 2.40. The average molecular weight is 449 g/mol. The molecule has 0 fully saturated rings. The molecule has 2 aromatic carbocycles. The van der Waals surface area contributed by atoms with Gasteiger partial charge in [0.25, 0.3) is 0 Å². The molecule has 1 amide bonds. The summed E-state index contributed by atoms with van der Waals surface area (Å²) in [5.41, 5.74) is 1.72. The maximum atomic E-state index is 12.3. The number of hydrogen-bond donors (Lipinski definition) is 1. The van der Waals surface area contributed by atoms with E-state index in [1.807, 2.05) is 24.3 Å². The highest BCUT2D eigenvalue weighted by Gasteiger charge is 2.22. The minimum absolute atomic E-state index is 0.0875. The molecule has 3 aromatic rings. The molecule has 0 aliphatic carbocycles. The van der Waals surface area contributed by atoms with E-state index in [0.29, 0.717) is 16.8 Å². The number of ether oxygens (including phenoxy) is 1. The molecular formula is C20H17ClN2O4S2. The summed E-state index contributed by atoms with van der Waals surface area (Å²) in [6.45, 7) is 0.416. The van der Waals surface area contributed by atoms with Gasteiger partial charge in [0.1, 0.15) is 12.4 Å². The third-order valence-corrected chi connectivity index (χ3v) is 7.45. The van der Waals surface area contributed by atoms with Crippen molar-refractivity contribution in [2.24, 2.45) is 0 Å². The maximum Gasteiger partial charge on any atom is 0.226 e. The number of nitrogens with zero attached hydrogens (tertiary/aromatic N) is 1. The Kier molecular flexibility index (Phi) is 5.58. The molecule has 1 N–H and O–H groups in total. The molecule has 0 radical (unpaired) electrons. The van der Waals surface area contributed by atoms with E-state index in [2.05, 4.69) is 10.3 Å². The summed E-state index contributed by atoms with van der Waals surface area (Å²) in [6.07, 6.45) is 0.304. The van der Waals surface area contributed by atoms with Gasteiger partial charge in [0.15, 0.2) is 15.0 Å². The van der Waals surface area contributed by atoms with E-state index in [-0.39, 0.29) is 29.4 Å². The van der Waals surface area contributed by atoms with Gasteiger partial charge < -0.3 is 10.1 Å². The number of carbonyl (C=O) groups is 1. The summed E-state index contributed by atoms with van der Waals surface area (Å²) in [5.74, 6) is 0.393. The molecule has 1 aliphatic rings. The van der Waals surface area contributed by atoms with E-state index in [9.17, 15) is 13.2 Å². The monoisotopic (exact) mass is 448 g/mol. The number of rotatable bonds is 6. The third kappa shape index (κ3) is 4.44. The number of amides is 1. The number of anilines is 1. The first-order valence-corrected chi connectivity index (χ1v) is 11.8. The fraction of sp³-hybridized carbons (Fsp3) is 0.200. The number of hydrogen-bond acceptors (Lipinski definition) is 6. The first-order chi connectivity index (χ1) is 13.9. The van der Waals surface area contributed by atoms with Gasteiger partial charge in [-0.25, -0.2) is 13.4 Å². The van der Waals surface area contributed by atoms with Crippen LogP contribution in [0.1, 0.15) is 17.7 Å². The summed E-state index contributed by atoms with van der Waals surface area (Å²) in [7, 11) is -3.45. The second-order valence-electron chi connectivity index (χ2n) is 6.50. The molecule has 9 heteroatoms. The molecule has 0 bridgehead atoms. The van der Waals surface area contributed by atoms with Crippen molar-refractivity contribution >= 4 is 43.8 Å². The van der Waals surface area contributed by atoms with Crippen LogP contribution in [0.15, 0.2) is 53.4 Å². The first kappa shape index (κ1) is 19.9. The maximum absolute atomic E-state index is 12.3. The first-order valence-electron chi connectivity index (χ1n) is 8.92. The molecule has 2 heterocycles. The van der Waals surface area contributed by atoms with E-state index in [1.165, 1.54) is 35.6 Å². The van der Waals surface area contributed by atoms with E-state index in [4.69, 9.17) is 16.3 Å². The molecule has 0 atom stereocenters. The van der Waals surface area contributed by atoms with Gasteiger partial charge in [-0.2, -0.15) is 0 Å². The summed E-state index contributed by atoms with van der Waals surface area (Å²) in [4.78, 5) is 17.9. The van der Waals surface area contributed by atoms with E-state index >= 15 is 0 Å². The molecule has 4 rings (SSSR count). The molecule has 0 saturated carbocycles. The number of fused-ring (bicyclic) bond motifs is 3. The predicted octanol–water partition coefficient (Wildman–Crippen LogP) is 4.55. The van der Waals surface area contributed by atoms with Crippen LogP contribution >= 0.6 is 22.9 Å². The summed E-state index contributed by atoms with van der Waals surface area (Å²) < 4.78 is 30.4. The zero-order chi connectivity index (χ0) is 20.4. The number of aromatic nitrogens is 1. The molecule has 1 aliphatic heterocycles. The lowest BCUT2D eigenvalue weighted by Crippen LogP contribution is -2.14. The van der Waals surface area contributed by atoms with Gasteiger partial charge in [0, 0.05) is 17.0 Å². The van der Waals surface area contributed by atoms with Gasteiger partial charge in [-0.05, 0) is 42.8 Å². The highest BCUT2D eigenvalue weighted by molar-refractivity contribution is 7.91. The highest BCUT2D eigenvalue weighted by atomic mass is 35.5. The van der Waals surface area contributed by atoms with Crippen LogP contribution in [0.4, 0.5) is 5.13 Å². The molecule has 6 nitrogen and oxygen atoms in total. The van der Waals surface area contributed by atoms with Gasteiger partial charge in [-0.1, -0.05) is 35.1 Å². The smallest absolute Gasteiger partial charge is 0.226 e. The van der Waals surface area contributed by atoms with Crippen LogP contribution < -0.4 is 10.1 Å². The lowest BCUT2D eigenvalue weighted by Gasteiger charge is -2.15. The van der Waals surface area contributed by atoms with Crippen molar-refractivity contribution in [1.82, 2.24) is 4.98 Å². The Morgan fingerprint density at radius 1 is 1.17 bits per heavy atom. The third-order valence-electron chi connectivity index (χ3n) is 4.43. The van der Waals surface area contributed by atoms with Crippen LogP contribution in [0.25, 0.3) is 11.3 Å². The topological polar surface area (TPSA) is 85.4 Å². The van der Waals surface area contributed by atoms with Gasteiger partial charge in [0.2, 0.25) is 5.91 Å². The molecule has 150 valence electrons. The number of benzene rings is 2. The Morgan fingerprint density at radius 3 is 2.72 bits per heavy atom. The average Bonchev–Trinajstić information content (AvgIpc) is 3.11. The fourth-order valence-electron chi connectivity index (χ4n) is 3.01. The van der Waals surface area contributed by atoms with Crippen LogP contribution in [0.3, 0.4) is 0 Å². The van der Waals surface area contributed by atoms with Crippen LogP contribution in [0.2, 0.25) is 5.02 Å². The Labute approximate surface area is 177 Å². The molecule has 1 aromatic heterocycles. The van der Waals surface area contributed by atoms with Crippen LogP contribution in [0.5, 0.6) is 5.75 Å². The number of halogens is 1. The van der Waals surface area contributed by atoms with Crippen molar-refractivity contribution in [3.8, 4) is 17.0 Å². The minimum atomic E-state index is -3.45. The van der Waals surface area contributed by atoms with E-state index in [0.717, 1.165) is 21.9 Å². The number of nitrogens with one attached hydrogen (secondary N) is 1. The van der Waals surface area contributed by atoms with Gasteiger partial charge >= 0.3 is 0 Å². The van der Waals surface area contributed by atoms with Crippen molar-refractivity contribution < 1.29 is 17.9 Å². The molecule has 0 spiro atoms. The molecule has 0 unspecified atom stereocenters. The second kappa shape index (κ2) is 8.14. The normalized spacial score (nSPS) is 12.6. The Morgan fingerprint density at radius 2 is 1.93 bits per heavy atom. The summed E-state index contributed by atoms with van der Waals surface area (Å²) in [5, 5.41) is 3.73. The standard InChI is InChI=1S/C20H17ClN2O4S2/c21-13-7-9-14(10-8-13)29(25,26)11-3-6-18(24)22-20-23-19-15-4-1-2-5-16(15)27-12-17(19)28-20/h1-2,4-5,7-10H,3,6,11-12H2,(H,22,23,24). The lowest BCUT2D eigenvalue weighted by molar-refractivity contribution is -0.116. The van der Waals surface area contributed by atoms with Crippen molar-refractivity contribution in [3.05, 3.63) is 58.4 Å². The van der Waals surface area contributed by atoms with Crippen LogP contribution in [-0.2, 0) is 21.2 Å². The Balaban J connectivity index is 1.35. The van der Waals surface area contributed by atoms with Crippen molar-refractivity contribution in [3.63, 3.8) is 0 Å². The number of para-hydroxylation sites is 1. The lowest BCUT2D eigenvalue weighted by atomic mass is 10.1. The molecule has 0 saturated heterocycles. The Hall–Kier alpha value is -2.42. The van der Waals surface area contributed by atoms with E-state index in [1.54, 1.807) is 0 Å². The van der Waals surface area contributed by atoms with Gasteiger partial charge in [0.05, 0.1) is 21.2 Å². The van der Waals surface area contributed by atoms with Crippen LogP contribution in [0, 0.1) is 0 Å². The minimum Gasteiger partial charge on any atom is -0.487 e. The quantitative estimate of drug-likeness (QED) is 0.598. The molecular weight excluding hydrogens is 432 g/mol. The van der Waals surface area contributed by atoms with Crippen LogP contribution in [-0.4, -0.2) is 25.1 Å². The summed E-state index contributed by atoms with van der Waals surface area (Å²) >= 11 is 7.16. The number of carbonyl (C=O) groups excluding carboxylic acids is 1. The number of sulfone groups is 1. The Bertz CT molecular complexity index is 1160. The SMILES string of the molecule is O=C(CCCS(=O)(=O)c1ccc(Cl)cc1)Nc1nc2c(s1)COc1ccccc1-2. The largest absolute Gasteiger partial charge is 0.487 e. The van der Waals surface area contributed by atoms with Gasteiger partial charge in [-0.15, -0.1) is 0 Å². The molecule has 29 heavy (non-hydrogen) atoms.